The predicted octanol–water partition coefficient (Wildman–Crippen LogP) is 1.04. The fourth-order valence-corrected chi connectivity index (χ4v) is 1.88. The summed E-state index contributed by atoms with van der Waals surface area (Å²) in [7, 11) is 0. The minimum Gasteiger partial charge on any atom is -0.325 e. The van der Waals surface area contributed by atoms with Crippen molar-refractivity contribution >= 4 is 11.6 Å². The number of rotatable bonds is 5. The zero-order chi connectivity index (χ0) is 14.5. The van der Waals surface area contributed by atoms with Gasteiger partial charge in [0.25, 0.3) is 0 Å². The van der Waals surface area contributed by atoms with Crippen LogP contribution < -0.4 is 11.1 Å². The molecule has 106 valence electrons. The van der Waals surface area contributed by atoms with E-state index in [0.29, 0.717) is 12.1 Å². The SMILES string of the molecule is CCC[C@H](N)C(=O)Nc1ccc(C)c(-n2cnnn2)c1. The minimum atomic E-state index is -0.488. The summed E-state index contributed by atoms with van der Waals surface area (Å²) in [6, 6.07) is 5.07. The highest BCUT2D eigenvalue weighted by molar-refractivity contribution is 5.94. The Morgan fingerprint density at radius 2 is 2.30 bits per heavy atom. The first-order valence-electron chi connectivity index (χ1n) is 6.52. The molecule has 2 rings (SSSR count). The molecule has 0 fully saturated rings. The molecule has 1 aromatic carbocycles. The number of carbonyl (C=O) groups excluding carboxylic acids is 1. The standard InChI is InChI=1S/C13H18N6O/c1-3-4-11(14)13(20)16-10-6-5-9(2)12(7-10)19-8-15-17-18-19/h5-8,11H,3-4,14H2,1-2H3,(H,16,20)/t11-/m0/s1. The zero-order valence-corrected chi connectivity index (χ0v) is 11.6. The number of aryl methyl sites for hydroxylation is 1. The maximum absolute atomic E-state index is 11.9. The summed E-state index contributed by atoms with van der Waals surface area (Å²) < 4.78 is 1.55. The van der Waals surface area contributed by atoms with Crippen molar-refractivity contribution < 1.29 is 4.79 Å². The Kier molecular flexibility index (Phi) is 4.41. The van der Waals surface area contributed by atoms with E-state index in [1.165, 1.54) is 6.33 Å². The molecule has 7 heteroatoms. The van der Waals surface area contributed by atoms with Gasteiger partial charge in [-0.05, 0) is 41.5 Å². The molecular formula is C13H18N6O. The van der Waals surface area contributed by atoms with Crippen molar-refractivity contribution in [1.29, 1.82) is 0 Å². The van der Waals surface area contributed by atoms with Crippen LogP contribution in [0.2, 0.25) is 0 Å². The van der Waals surface area contributed by atoms with Crippen LogP contribution >= 0.6 is 0 Å². The van der Waals surface area contributed by atoms with E-state index in [-0.39, 0.29) is 5.91 Å². The third-order valence-corrected chi connectivity index (χ3v) is 3.01. The summed E-state index contributed by atoms with van der Waals surface area (Å²) in [6.45, 7) is 3.94. The molecule has 2 aromatic rings. The van der Waals surface area contributed by atoms with Crippen molar-refractivity contribution in [2.75, 3.05) is 5.32 Å². The second-order valence-electron chi connectivity index (χ2n) is 4.64. The largest absolute Gasteiger partial charge is 0.325 e. The summed E-state index contributed by atoms with van der Waals surface area (Å²) >= 11 is 0. The smallest absolute Gasteiger partial charge is 0.241 e. The van der Waals surface area contributed by atoms with Crippen LogP contribution in [0.3, 0.4) is 0 Å². The fraction of sp³-hybridized carbons (Fsp3) is 0.385. The van der Waals surface area contributed by atoms with Crippen molar-refractivity contribution in [2.24, 2.45) is 5.73 Å². The summed E-state index contributed by atoms with van der Waals surface area (Å²) in [6.07, 6.45) is 3.05. The summed E-state index contributed by atoms with van der Waals surface area (Å²) in [5.41, 5.74) is 8.29. The molecule has 0 saturated heterocycles. The van der Waals surface area contributed by atoms with E-state index < -0.39 is 6.04 Å². The summed E-state index contributed by atoms with van der Waals surface area (Å²) in [4.78, 5) is 11.9. The molecule has 20 heavy (non-hydrogen) atoms. The number of hydrogen-bond acceptors (Lipinski definition) is 5. The van der Waals surface area contributed by atoms with E-state index in [1.807, 2.05) is 32.0 Å². The molecular weight excluding hydrogens is 256 g/mol. The minimum absolute atomic E-state index is 0.182. The van der Waals surface area contributed by atoms with E-state index in [1.54, 1.807) is 4.68 Å². The van der Waals surface area contributed by atoms with Gasteiger partial charge in [-0.3, -0.25) is 4.79 Å². The highest BCUT2D eigenvalue weighted by atomic mass is 16.2. The van der Waals surface area contributed by atoms with Crippen LogP contribution in [0.4, 0.5) is 5.69 Å². The van der Waals surface area contributed by atoms with E-state index >= 15 is 0 Å². The quantitative estimate of drug-likeness (QED) is 0.848. The van der Waals surface area contributed by atoms with Gasteiger partial charge in [0.2, 0.25) is 5.91 Å². The maximum atomic E-state index is 11.9. The molecule has 0 aliphatic rings. The van der Waals surface area contributed by atoms with E-state index in [9.17, 15) is 4.79 Å². The monoisotopic (exact) mass is 274 g/mol. The van der Waals surface area contributed by atoms with Crippen molar-refractivity contribution in [2.45, 2.75) is 32.7 Å². The Hall–Kier alpha value is -2.28. The van der Waals surface area contributed by atoms with Crippen LogP contribution in [-0.4, -0.2) is 32.2 Å². The van der Waals surface area contributed by atoms with Gasteiger partial charge in [0.15, 0.2) is 0 Å². The third kappa shape index (κ3) is 3.18. The number of aromatic nitrogens is 4. The van der Waals surface area contributed by atoms with E-state index in [0.717, 1.165) is 17.7 Å². The molecule has 7 nitrogen and oxygen atoms in total. The van der Waals surface area contributed by atoms with Gasteiger partial charge in [0.05, 0.1) is 11.7 Å². The first-order valence-corrected chi connectivity index (χ1v) is 6.52. The van der Waals surface area contributed by atoms with Gasteiger partial charge in [-0.1, -0.05) is 19.4 Å². The van der Waals surface area contributed by atoms with Gasteiger partial charge >= 0.3 is 0 Å². The Labute approximate surface area is 117 Å². The lowest BCUT2D eigenvalue weighted by Gasteiger charge is -2.13. The lowest BCUT2D eigenvalue weighted by molar-refractivity contribution is -0.117. The van der Waals surface area contributed by atoms with Crippen molar-refractivity contribution in [3.63, 3.8) is 0 Å². The summed E-state index contributed by atoms with van der Waals surface area (Å²) in [5, 5.41) is 13.9. The molecule has 0 spiro atoms. The molecule has 1 heterocycles. The fourth-order valence-electron chi connectivity index (χ4n) is 1.88. The van der Waals surface area contributed by atoms with E-state index in [2.05, 4.69) is 20.8 Å². The molecule has 0 unspecified atom stereocenters. The van der Waals surface area contributed by atoms with Crippen LogP contribution in [0.15, 0.2) is 24.5 Å². The number of amides is 1. The lowest BCUT2D eigenvalue weighted by atomic mass is 10.1. The van der Waals surface area contributed by atoms with Crippen LogP contribution in [0.5, 0.6) is 0 Å². The van der Waals surface area contributed by atoms with Gasteiger partial charge in [0.1, 0.15) is 6.33 Å². The second-order valence-corrected chi connectivity index (χ2v) is 4.64. The Balaban J connectivity index is 2.18. The molecule has 0 saturated carbocycles. The average molecular weight is 274 g/mol. The number of tetrazole rings is 1. The van der Waals surface area contributed by atoms with Crippen molar-refractivity contribution in [3.8, 4) is 5.69 Å². The average Bonchev–Trinajstić information content (AvgIpc) is 2.95. The van der Waals surface area contributed by atoms with Crippen LogP contribution in [-0.2, 0) is 4.79 Å². The lowest BCUT2D eigenvalue weighted by Crippen LogP contribution is -2.35. The first-order chi connectivity index (χ1) is 9.61. The zero-order valence-electron chi connectivity index (χ0n) is 11.6. The Morgan fingerprint density at radius 1 is 1.50 bits per heavy atom. The maximum Gasteiger partial charge on any atom is 0.241 e. The number of nitrogens with one attached hydrogen (secondary N) is 1. The molecule has 0 aliphatic heterocycles. The first kappa shape index (κ1) is 14.1. The Bertz CT molecular complexity index is 581. The van der Waals surface area contributed by atoms with Gasteiger partial charge < -0.3 is 11.1 Å². The topological polar surface area (TPSA) is 98.7 Å². The molecule has 1 atom stereocenters. The van der Waals surface area contributed by atoms with E-state index in [4.69, 9.17) is 5.73 Å². The normalized spacial score (nSPS) is 12.2. The number of benzene rings is 1. The number of carbonyl (C=O) groups is 1. The van der Waals surface area contributed by atoms with Gasteiger partial charge in [-0.25, -0.2) is 4.68 Å². The van der Waals surface area contributed by atoms with Crippen molar-refractivity contribution in [1.82, 2.24) is 20.2 Å². The molecule has 3 N–H and O–H groups in total. The van der Waals surface area contributed by atoms with Crippen LogP contribution in [0.25, 0.3) is 5.69 Å². The Morgan fingerprint density at radius 3 is 2.95 bits per heavy atom. The number of nitrogens with two attached hydrogens (primary N) is 1. The summed E-state index contributed by atoms with van der Waals surface area (Å²) in [5.74, 6) is -0.182. The second kappa shape index (κ2) is 6.25. The van der Waals surface area contributed by atoms with Gasteiger partial charge in [-0.2, -0.15) is 0 Å². The van der Waals surface area contributed by atoms with Gasteiger partial charge in [-0.15, -0.1) is 5.10 Å². The van der Waals surface area contributed by atoms with Gasteiger partial charge in [0, 0.05) is 5.69 Å². The van der Waals surface area contributed by atoms with Crippen LogP contribution in [0, 0.1) is 6.92 Å². The van der Waals surface area contributed by atoms with Crippen molar-refractivity contribution in [3.05, 3.63) is 30.1 Å². The van der Waals surface area contributed by atoms with Crippen LogP contribution in [0.1, 0.15) is 25.3 Å². The molecule has 1 aromatic heterocycles. The number of anilines is 1. The number of hydrogen-bond donors (Lipinski definition) is 2. The molecule has 0 bridgehead atoms. The molecule has 0 radical (unpaired) electrons. The molecule has 0 aliphatic carbocycles. The third-order valence-electron chi connectivity index (χ3n) is 3.01. The predicted molar refractivity (Wildman–Crippen MR) is 75.4 cm³/mol. The highest BCUT2D eigenvalue weighted by Gasteiger charge is 2.13. The highest BCUT2D eigenvalue weighted by Crippen LogP contribution is 2.18. The molecule has 1 amide bonds. The number of nitrogens with zero attached hydrogens (tertiary/aromatic N) is 4.